The summed E-state index contributed by atoms with van der Waals surface area (Å²) in [4.78, 5) is 10.6. The Labute approximate surface area is 152 Å². The molecule has 0 saturated heterocycles. The van der Waals surface area contributed by atoms with Crippen molar-refractivity contribution in [3.05, 3.63) is 65.0 Å². The summed E-state index contributed by atoms with van der Waals surface area (Å²) in [5.74, 6) is -0.386. The molecule has 0 saturated carbocycles. The smallest absolute Gasteiger partial charge is 0.405 e. The standard InChI is InChI=1S/C18H14F3N3O3/c1-2-23-11-12(10-22-23)16-9-13(24(25)26)7-8-14(16)15-5-3-4-6-17(15)27-18(19,20)21/h3-11H,2H2,1H3. The molecule has 2 aromatic carbocycles. The predicted octanol–water partition coefficient (Wildman–Crippen LogP) is 5.04. The van der Waals surface area contributed by atoms with Gasteiger partial charge in [-0.05, 0) is 30.2 Å². The molecule has 0 fully saturated rings. The minimum absolute atomic E-state index is 0.170. The zero-order valence-corrected chi connectivity index (χ0v) is 14.1. The average Bonchev–Trinajstić information content (AvgIpc) is 3.09. The number of aryl methyl sites for hydroxylation is 1. The molecule has 6 nitrogen and oxygen atoms in total. The van der Waals surface area contributed by atoms with E-state index in [1.165, 1.54) is 42.6 Å². The van der Waals surface area contributed by atoms with Crippen LogP contribution in [0, 0.1) is 10.1 Å². The second kappa shape index (κ2) is 7.10. The van der Waals surface area contributed by atoms with Gasteiger partial charge in [-0.2, -0.15) is 5.10 Å². The van der Waals surface area contributed by atoms with E-state index in [9.17, 15) is 23.3 Å². The number of rotatable bonds is 5. The first-order valence-corrected chi connectivity index (χ1v) is 7.95. The third-order valence-electron chi connectivity index (χ3n) is 3.89. The second-order valence-electron chi connectivity index (χ2n) is 5.62. The van der Waals surface area contributed by atoms with E-state index in [0.29, 0.717) is 23.2 Å². The zero-order valence-electron chi connectivity index (χ0n) is 14.1. The van der Waals surface area contributed by atoms with E-state index < -0.39 is 11.3 Å². The van der Waals surface area contributed by atoms with Crippen LogP contribution >= 0.6 is 0 Å². The first kappa shape index (κ1) is 18.4. The number of ether oxygens (including phenoxy) is 1. The summed E-state index contributed by atoms with van der Waals surface area (Å²) in [5.41, 5.74) is 1.31. The summed E-state index contributed by atoms with van der Waals surface area (Å²) in [6, 6.07) is 9.63. The van der Waals surface area contributed by atoms with Crippen molar-refractivity contribution in [3.63, 3.8) is 0 Å². The molecule has 3 rings (SSSR count). The lowest BCUT2D eigenvalue weighted by molar-refractivity contribution is -0.384. The monoisotopic (exact) mass is 377 g/mol. The molecule has 1 heterocycles. The van der Waals surface area contributed by atoms with Crippen LogP contribution in [-0.4, -0.2) is 21.1 Å². The van der Waals surface area contributed by atoms with Crippen molar-refractivity contribution in [1.82, 2.24) is 9.78 Å². The molecule has 0 spiro atoms. The fourth-order valence-electron chi connectivity index (χ4n) is 2.70. The number of hydrogen-bond donors (Lipinski definition) is 0. The summed E-state index contributed by atoms with van der Waals surface area (Å²) in [5, 5.41) is 15.3. The van der Waals surface area contributed by atoms with Gasteiger partial charge < -0.3 is 4.74 Å². The topological polar surface area (TPSA) is 70.2 Å². The molecule has 0 aliphatic heterocycles. The van der Waals surface area contributed by atoms with Crippen LogP contribution in [0.2, 0.25) is 0 Å². The van der Waals surface area contributed by atoms with Gasteiger partial charge in [0, 0.05) is 36.0 Å². The Morgan fingerprint density at radius 3 is 2.52 bits per heavy atom. The SMILES string of the molecule is CCn1cc(-c2cc([N+](=O)[O-])ccc2-c2ccccc2OC(F)(F)F)cn1. The Kier molecular flexibility index (Phi) is 4.85. The molecule has 140 valence electrons. The lowest BCUT2D eigenvalue weighted by atomic mass is 9.95. The number of para-hydroxylation sites is 1. The Balaban J connectivity index is 2.20. The van der Waals surface area contributed by atoms with E-state index in [2.05, 4.69) is 9.84 Å². The van der Waals surface area contributed by atoms with Gasteiger partial charge in [0.05, 0.1) is 11.1 Å². The Bertz CT molecular complexity index is 983. The maximum Gasteiger partial charge on any atom is 0.573 e. The van der Waals surface area contributed by atoms with Crippen LogP contribution in [-0.2, 0) is 6.54 Å². The number of aromatic nitrogens is 2. The van der Waals surface area contributed by atoms with Gasteiger partial charge in [0.2, 0.25) is 0 Å². The van der Waals surface area contributed by atoms with Gasteiger partial charge in [0.1, 0.15) is 5.75 Å². The van der Waals surface area contributed by atoms with Crippen LogP contribution in [0.1, 0.15) is 6.92 Å². The van der Waals surface area contributed by atoms with E-state index >= 15 is 0 Å². The van der Waals surface area contributed by atoms with E-state index in [0.717, 1.165) is 0 Å². The summed E-state index contributed by atoms with van der Waals surface area (Å²) in [6.45, 7) is 2.45. The molecule has 0 amide bonds. The molecule has 1 aromatic heterocycles. The van der Waals surface area contributed by atoms with Crippen LogP contribution in [0.4, 0.5) is 18.9 Å². The number of alkyl halides is 3. The number of non-ortho nitro benzene ring substituents is 1. The predicted molar refractivity (Wildman–Crippen MR) is 92.1 cm³/mol. The van der Waals surface area contributed by atoms with Gasteiger partial charge in [-0.25, -0.2) is 0 Å². The molecular weight excluding hydrogens is 363 g/mol. The first-order valence-electron chi connectivity index (χ1n) is 7.95. The molecule has 0 unspecified atom stereocenters. The molecule has 9 heteroatoms. The van der Waals surface area contributed by atoms with Crippen molar-refractivity contribution in [2.24, 2.45) is 0 Å². The molecule has 0 aliphatic rings. The van der Waals surface area contributed by atoms with E-state index in [-0.39, 0.29) is 17.0 Å². The maximum absolute atomic E-state index is 12.8. The average molecular weight is 377 g/mol. The largest absolute Gasteiger partial charge is 0.573 e. The number of nitro benzene ring substituents is 1. The van der Waals surface area contributed by atoms with Crippen LogP contribution in [0.3, 0.4) is 0 Å². The fraction of sp³-hybridized carbons (Fsp3) is 0.167. The molecule has 27 heavy (non-hydrogen) atoms. The number of halogens is 3. The maximum atomic E-state index is 12.8. The molecular formula is C18H14F3N3O3. The van der Waals surface area contributed by atoms with Crippen molar-refractivity contribution in [2.45, 2.75) is 19.8 Å². The number of nitro groups is 1. The van der Waals surface area contributed by atoms with Crippen molar-refractivity contribution in [1.29, 1.82) is 0 Å². The highest BCUT2D eigenvalue weighted by molar-refractivity contribution is 5.87. The first-order chi connectivity index (χ1) is 12.8. The Morgan fingerprint density at radius 1 is 1.15 bits per heavy atom. The summed E-state index contributed by atoms with van der Waals surface area (Å²) in [6.07, 6.45) is -1.67. The van der Waals surface area contributed by atoms with E-state index in [1.807, 2.05) is 6.92 Å². The van der Waals surface area contributed by atoms with Gasteiger partial charge in [-0.1, -0.05) is 18.2 Å². The van der Waals surface area contributed by atoms with Gasteiger partial charge in [-0.15, -0.1) is 13.2 Å². The summed E-state index contributed by atoms with van der Waals surface area (Å²) < 4.78 is 44.0. The highest BCUT2D eigenvalue weighted by Gasteiger charge is 2.32. The van der Waals surface area contributed by atoms with Gasteiger partial charge in [-0.3, -0.25) is 14.8 Å². The molecule has 0 radical (unpaired) electrons. The fourth-order valence-corrected chi connectivity index (χ4v) is 2.70. The van der Waals surface area contributed by atoms with Crippen LogP contribution in [0.5, 0.6) is 5.75 Å². The minimum Gasteiger partial charge on any atom is -0.405 e. The normalized spacial score (nSPS) is 11.4. The molecule has 3 aromatic rings. The lowest BCUT2D eigenvalue weighted by Gasteiger charge is -2.15. The molecule has 0 aliphatic carbocycles. The summed E-state index contributed by atoms with van der Waals surface area (Å²) in [7, 11) is 0. The number of nitrogens with zero attached hydrogens (tertiary/aromatic N) is 3. The zero-order chi connectivity index (χ0) is 19.6. The van der Waals surface area contributed by atoms with Crippen LogP contribution < -0.4 is 4.74 Å². The minimum atomic E-state index is -4.86. The quantitative estimate of drug-likeness (QED) is 0.461. The van der Waals surface area contributed by atoms with Gasteiger partial charge in [0.25, 0.3) is 5.69 Å². The third kappa shape index (κ3) is 4.08. The third-order valence-corrected chi connectivity index (χ3v) is 3.89. The Morgan fingerprint density at radius 2 is 1.89 bits per heavy atom. The van der Waals surface area contributed by atoms with Gasteiger partial charge in [0.15, 0.2) is 0 Å². The van der Waals surface area contributed by atoms with Crippen molar-refractivity contribution in [2.75, 3.05) is 0 Å². The number of hydrogen-bond acceptors (Lipinski definition) is 4. The van der Waals surface area contributed by atoms with Gasteiger partial charge >= 0.3 is 6.36 Å². The molecule has 0 N–H and O–H groups in total. The lowest BCUT2D eigenvalue weighted by Crippen LogP contribution is -2.17. The van der Waals surface area contributed by atoms with Crippen LogP contribution in [0.15, 0.2) is 54.9 Å². The highest BCUT2D eigenvalue weighted by Crippen LogP contribution is 2.40. The van der Waals surface area contributed by atoms with Crippen LogP contribution in [0.25, 0.3) is 22.3 Å². The molecule has 0 bridgehead atoms. The molecule has 0 atom stereocenters. The van der Waals surface area contributed by atoms with E-state index in [4.69, 9.17) is 0 Å². The van der Waals surface area contributed by atoms with Crippen molar-refractivity contribution >= 4 is 5.69 Å². The highest BCUT2D eigenvalue weighted by atomic mass is 19.4. The summed E-state index contributed by atoms with van der Waals surface area (Å²) >= 11 is 0. The second-order valence-corrected chi connectivity index (χ2v) is 5.62. The number of benzene rings is 2. The van der Waals surface area contributed by atoms with Crippen molar-refractivity contribution < 1.29 is 22.8 Å². The van der Waals surface area contributed by atoms with E-state index in [1.54, 1.807) is 16.9 Å². The van der Waals surface area contributed by atoms with Crippen molar-refractivity contribution in [3.8, 4) is 28.0 Å². The Hall–Kier alpha value is -3.36.